The molecule has 1 aromatic carbocycles. The molecule has 20 heavy (non-hydrogen) atoms. The number of halogens is 3. The van der Waals surface area contributed by atoms with Crippen LogP contribution in [0.25, 0.3) is 0 Å². The fourth-order valence-corrected chi connectivity index (χ4v) is 1.84. The lowest BCUT2D eigenvalue weighted by Crippen LogP contribution is -2.44. The summed E-state index contributed by atoms with van der Waals surface area (Å²) in [6, 6.07) is 3.62. The number of ketones is 1. The Bertz CT molecular complexity index is 505. The van der Waals surface area contributed by atoms with Crippen LogP contribution in [0.15, 0.2) is 24.3 Å². The molecule has 1 aliphatic heterocycles. The second-order valence-electron chi connectivity index (χ2n) is 4.31. The summed E-state index contributed by atoms with van der Waals surface area (Å²) in [5, 5.41) is 0. The lowest BCUT2D eigenvalue weighted by Gasteiger charge is -2.26. The first-order valence-electron chi connectivity index (χ1n) is 5.98. The maximum Gasteiger partial charge on any atom is 0.416 e. The smallest absolute Gasteiger partial charge is 0.378 e. The van der Waals surface area contributed by atoms with Gasteiger partial charge in [0.05, 0.1) is 18.8 Å². The van der Waals surface area contributed by atoms with Crippen LogP contribution >= 0.6 is 0 Å². The van der Waals surface area contributed by atoms with E-state index >= 15 is 0 Å². The largest absolute Gasteiger partial charge is 0.416 e. The van der Waals surface area contributed by atoms with Crippen molar-refractivity contribution in [1.29, 1.82) is 0 Å². The van der Waals surface area contributed by atoms with Crippen molar-refractivity contribution in [2.24, 2.45) is 0 Å². The van der Waals surface area contributed by atoms with Crippen molar-refractivity contribution in [3.8, 4) is 0 Å². The predicted molar refractivity (Wildman–Crippen MR) is 63.2 cm³/mol. The molecule has 1 aromatic rings. The second kappa shape index (κ2) is 5.62. The number of rotatable bonds is 2. The fraction of sp³-hybridized carbons (Fsp3) is 0.385. The molecule has 108 valence electrons. The number of ether oxygens (including phenoxy) is 1. The summed E-state index contributed by atoms with van der Waals surface area (Å²) >= 11 is 0. The van der Waals surface area contributed by atoms with Crippen LogP contribution in [-0.4, -0.2) is 42.9 Å². The zero-order valence-electron chi connectivity index (χ0n) is 10.4. The number of carbonyl (C=O) groups is 2. The molecular weight excluding hydrogens is 275 g/mol. The van der Waals surface area contributed by atoms with Crippen molar-refractivity contribution in [2.75, 3.05) is 26.3 Å². The van der Waals surface area contributed by atoms with Gasteiger partial charge in [0.15, 0.2) is 0 Å². The van der Waals surface area contributed by atoms with Gasteiger partial charge in [0, 0.05) is 18.7 Å². The quantitative estimate of drug-likeness (QED) is 0.615. The summed E-state index contributed by atoms with van der Waals surface area (Å²) in [4.78, 5) is 25.1. The van der Waals surface area contributed by atoms with E-state index in [1.807, 2.05) is 0 Å². The monoisotopic (exact) mass is 287 g/mol. The molecule has 0 unspecified atom stereocenters. The van der Waals surface area contributed by atoms with E-state index in [-0.39, 0.29) is 5.56 Å². The van der Waals surface area contributed by atoms with Crippen molar-refractivity contribution >= 4 is 11.7 Å². The molecule has 4 nitrogen and oxygen atoms in total. The highest BCUT2D eigenvalue weighted by molar-refractivity contribution is 6.42. The third kappa shape index (κ3) is 3.16. The predicted octanol–water partition coefficient (Wildman–Crippen LogP) is 1.75. The topological polar surface area (TPSA) is 46.6 Å². The van der Waals surface area contributed by atoms with Gasteiger partial charge < -0.3 is 9.64 Å². The van der Waals surface area contributed by atoms with Crippen LogP contribution in [0.2, 0.25) is 0 Å². The second-order valence-corrected chi connectivity index (χ2v) is 4.31. The number of morpholine rings is 1. The van der Waals surface area contributed by atoms with Gasteiger partial charge in [-0.1, -0.05) is 12.1 Å². The van der Waals surface area contributed by atoms with Crippen LogP contribution in [0.1, 0.15) is 15.9 Å². The lowest BCUT2D eigenvalue weighted by molar-refractivity contribution is -0.137. The highest BCUT2D eigenvalue weighted by Gasteiger charge is 2.31. The van der Waals surface area contributed by atoms with E-state index in [0.29, 0.717) is 26.3 Å². The molecule has 0 aliphatic carbocycles. The molecule has 0 aromatic heterocycles. The third-order valence-electron chi connectivity index (χ3n) is 2.97. The number of alkyl halides is 3. The minimum atomic E-state index is -4.46. The molecule has 0 N–H and O–H groups in total. The highest BCUT2D eigenvalue weighted by atomic mass is 19.4. The summed E-state index contributed by atoms with van der Waals surface area (Å²) in [5.41, 5.74) is -0.901. The number of benzene rings is 1. The van der Waals surface area contributed by atoms with Gasteiger partial charge in [-0.05, 0) is 12.1 Å². The highest BCUT2D eigenvalue weighted by Crippen LogP contribution is 2.29. The Morgan fingerprint density at radius 3 is 2.10 bits per heavy atom. The molecule has 0 spiro atoms. The van der Waals surface area contributed by atoms with E-state index in [2.05, 4.69) is 0 Å². The molecule has 0 atom stereocenters. The van der Waals surface area contributed by atoms with E-state index < -0.39 is 23.4 Å². The summed E-state index contributed by atoms with van der Waals surface area (Å²) in [6.45, 7) is 1.33. The van der Waals surface area contributed by atoms with Crippen LogP contribution < -0.4 is 0 Å². The number of Topliss-reactive ketones (excluding diaryl/α,β-unsaturated/α-hetero) is 1. The number of hydrogen-bond donors (Lipinski definition) is 0. The Labute approximate surface area is 113 Å². The van der Waals surface area contributed by atoms with Crippen LogP contribution in [0.5, 0.6) is 0 Å². The number of nitrogens with zero attached hydrogens (tertiary/aromatic N) is 1. The summed E-state index contributed by atoms with van der Waals surface area (Å²) < 4.78 is 42.2. The molecule has 1 aliphatic rings. The standard InChI is InChI=1S/C13H12F3NO3/c14-13(15,16)10-3-1-9(2-4-10)11(18)12(19)17-5-7-20-8-6-17/h1-4H,5-8H2. The SMILES string of the molecule is O=C(C(=O)N1CCOCC1)c1ccc(C(F)(F)F)cc1. The van der Waals surface area contributed by atoms with E-state index in [1.54, 1.807) is 0 Å². The minimum Gasteiger partial charge on any atom is -0.378 e. The summed E-state index contributed by atoms with van der Waals surface area (Å²) in [5.74, 6) is -1.52. The van der Waals surface area contributed by atoms with Crippen LogP contribution in [-0.2, 0) is 15.7 Å². The van der Waals surface area contributed by atoms with Gasteiger partial charge in [0.2, 0.25) is 5.78 Å². The van der Waals surface area contributed by atoms with Crippen molar-refractivity contribution in [1.82, 2.24) is 4.90 Å². The van der Waals surface area contributed by atoms with E-state index in [1.165, 1.54) is 4.90 Å². The Morgan fingerprint density at radius 1 is 1.05 bits per heavy atom. The van der Waals surface area contributed by atoms with Crippen LogP contribution in [0.4, 0.5) is 13.2 Å². The first-order chi connectivity index (χ1) is 9.39. The molecule has 1 heterocycles. The van der Waals surface area contributed by atoms with Crippen molar-refractivity contribution in [2.45, 2.75) is 6.18 Å². The molecule has 2 rings (SSSR count). The Balaban J connectivity index is 2.10. The molecule has 1 saturated heterocycles. The number of carbonyl (C=O) groups excluding carboxylic acids is 2. The molecule has 1 fully saturated rings. The van der Waals surface area contributed by atoms with Gasteiger partial charge in [0.25, 0.3) is 5.91 Å². The molecule has 0 saturated carbocycles. The zero-order valence-corrected chi connectivity index (χ0v) is 10.4. The number of amides is 1. The summed E-state index contributed by atoms with van der Waals surface area (Å²) in [7, 11) is 0. The fourth-order valence-electron chi connectivity index (χ4n) is 1.84. The van der Waals surface area contributed by atoms with Gasteiger partial charge in [0.1, 0.15) is 0 Å². The molecule has 0 bridgehead atoms. The van der Waals surface area contributed by atoms with Gasteiger partial charge in [-0.2, -0.15) is 13.2 Å². The number of hydrogen-bond acceptors (Lipinski definition) is 3. The van der Waals surface area contributed by atoms with Gasteiger partial charge in [-0.15, -0.1) is 0 Å². The third-order valence-corrected chi connectivity index (χ3v) is 2.97. The maximum absolute atomic E-state index is 12.4. The maximum atomic E-state index is 12.4. The van der Waals surface area contributed by atoms with E-state index in [4.69, 9.17) is 4.74 Å². The zero-order chi connectivity index (χ0) is 14.8. The van der Waals surface area contributed by atoms with Crippen molar-refractivity contribution < 1.29 is 27.5 Å². The molecule has 1 amide bonds. The van der Waals surface area contributed by atoms with Crippen LogP contribution in [0, 0.1) is 0 Å². The normalized spacial score (nSPS) is 16.1. The van der Waals surface area contributed by atoms with Gasteiger partial charge in [-0.25, -0.2) is 0 Å². The van der Waals surface area contributed by atoms with Gasteiger partial charge >= 0.3 is 6.18 Å². The molecular formula is C13H12F3NO3. The molecule has 7 heteroatoms. The van der Waals surface area contributed by atoms with Crippen molar-refractivity contribution in [3.05, 3.63) is 35.4 Å². The van der Waals surface area contributed by atoms with E-state index in [0.717, 1.165) is 24.3 Å². The summed E-state index contributed by atoms with van der Waals surface area (Å²) in [6.07, 6.45) is -4.46. The minimum absolute atomic E-state index is 0.0468. The Hall–Kier alpha value is -1.89. The first kappa shape index (κ1) is 14.5. The average Bonchev–Trinajstić information content (AvgIpc) is 2.46. The van der Waals surface area contributed by atoms with Crippen LogP contribution in [0.3, 0.4) is 0 Å². The first-order valence-corrected chi connectivity index (χ1v) is 5.98. The van der Waals surface area contributed by atoms with Crippen molar-refractivity contribution in [3.63, 3.8) is 0 Å². The Kier molecular flexibility index (Phi) is 4.08. The van der Waals surface area contributed by atoms with Gasteiger partial charge in [-0.3, -0.25) is 9.59 Å². The van der Waals surface area contributed by atoms with E-state index in [9.17, 15) is 22.8 Å². The molecule has 0 radical (unpaired) electrons. The Morgan fingerprint density at radius 2 is 1.60 bits per heavy atom. The lowest BCUT2D eigenvalue weighted by atomic mass is 10.1. The average molecular weight is 287 g/mol.